The van der Waals surface area contributed by atoms with Crippen LogP contribution in [0.4, 0.5) is 5.69 Å². The molecule has 0 amide bonds. The molecule has 3 nitrogen and oxygen atoms in total. The van der Waals surface area contributed by atoms with Gasteiger partial charge in [0.25, 0.3) is 0 Å². The Hall–Kier alpha value is -1.09. The number of halogens is 1. The molecule has 0 bridgehead atoms. The van der Waals surface area contributed by atoms with Crippen molar-refractivity contribution in [3.05, 3.63) is 18.2 Å². The Morgan fingerprint density at radius 2 is 1.92 bits per heavy atom. The number of benzene rings is 1. The highest BCUT2D eigenvalue weighted by molar-refractivity contribution is 5.85. The summed E-state index contributed by atoms with van der Waals surface area (Å²) in [4.78, 5) is 0. The molecule has 0 aromatic heterocycles. The third kappa shape index (κ3) is 2.51. The standard InChI is InChI=1S/C8H11NO2.ClH/c1-2-9-6-3-4-7(10)8(11)5-6;/h3-5,9-11H,2H2,1H3;1H. The van der Waals surface area contributed by atoms with Gasteiger partial charge in [0.2, 0.25) is 0 Å². The van der Waals surface area contributed by atoms with Gasteiger partial charge in [-0.2, -0.15) is 0 Å². The van der Waals surface area contributed by atoms with Gasteiger partial charge in [-0.15, -0.1) is 12.4 Å². The topological polar surface area (TPSA) is 52.5 Å². The molecule has 1 rings (SSSR count). The van der Waals surface area contributed by atoms with Crippen LogP contribution in [0, 0.1) is 0 Å². The normalized spacial score (nSPS) is 8.75. The van der Waals surface area contributed by atoms with E-state index < -0.39 is 0 Å². The molecule has 0 radical (unpaired) electrons. The molecule has 0 atom stereocenters. The van der Waals surface area contributed by atoms with Crippen LogP contribution in [0.3, 0.4) is 0 Å². The third-order valence-corrected chi connectivity index (χ3v) is 1.36. The summed E-state index contributed by atoms with van der Waals surface area (Å²) in [5, 5.41) is 21.0. The zero-order valence-electron chi connectivity index (χ0n) is 6.74. The predicted octanol–water partition coefficient (Wildman–Crippen LogP) is 1.95. The van der Waals surface area contributed by atoms with Crippen molar-refractivity contribution in [1.29, 1.82) is 0 Å². The first-order chi connectivity index (χ1) is 5.24. The van der Waals surface area contributed by atoms with Gasteiger partial charge in [-0.05, 0) is 19.1 Å². The molecule has 1 aromatic rings. The molecule has 0 saturated carbocycles. The lowest BCUT2D eigenvalue weighted by molar-refractivity contribution is 0.404. The molecule has 68 valence electrons. The predicted molar refractivity (Wildman–Crippen MR) is 51.2 cm³/mol. The van der Waals surface area contributed by atoms with Crippen LogP contribution in [-0.4, -0.2) is 16.8 Å². The maximum absolute atomic E-state index is 9.04. The van der Waals surface area contributed by atoms with Gasteiger partial charge < -0.3 is 15.5 Å². The lowest BCUT2D eigenvalue weighted by Gasteiger charge is -2.03. The second-order valence-electron chi connectivity index (χ2n) is 2.23. The zero-order chi connectivity index (χ0) is 8.27. The number of rotatable bonds is 2. The van der Waals surface area contributed by atoms with Crippen molar-refractivity contribution in [2.75, 3.05) is 11.9 Å². The summed E-state index contributed by atoms with van der Waals surface area (Å²) in [5.74, 6) is -0.185. The van der Waals surface area contributed by atoms with E-state index in [0.717, 1.165) is 12.2 Å². The van der Waals surface area contributed by atoms with E-state index >= 15 is 0 Å². The minimum atomic E-state index is -0.0940. The number of phenols is 2. The lowest BCUT2D eigenvalue weighted by atomic mass is 10.3. The minimum Gasteiger partial charge on any atom is -0.504 e. The van der Waals surface area contributed by atoms with E-state index in [9.17, 15) is 0 Å². The van der Waals surface area contributed by atoms with Crippen molar-refractivity contribution in [2.45, 2.75) is 6.92 Å². The molecule has 0 unspecified atom stereocenters. The van der Waals surface area contributed by atoms with E-state index in [1.807, 2.05) is 6.92 Å². The average Bonchev–Trinajstić information content (AvgIpc) is 1.98. The summed E-state index contributed by atoms with van der Waals surface area (Å²) in [7, 11) is 0. The SMILES string of the molecule is CCNc1ccc(O)c(O)c1.Cl. The van der Waals surface area contributed by atoms with E-state index in [1.54, 1.807) is 6.07 Å². The molecule has 0 aliphatic carbocycles. The fourth-order valence-electron chi connectivity index (χ4n) is 0.838. The third-order valence-electron chi connectivity index (χ3n) is 1.36. The molecular weight excluding hydrogens is 178 g/mol. The first kappa shape index (κ1) is 10.9. The van der Waals surface area contributed by atoms with Gasteiger partial charge >= 0.3 is 0 Å². The maximum atomic E-state index is 9.04. The minimum absolute atomic E-state index is 0. The van der Waals surface area contributed by atoms with E-state index in [2.05, 4.69) is 5.32 Å². The van der Waals surface area contributed by atoms with E-state index in [4.69, 9.17) is 10.2 Å². The Morgan fingerprint density at radius 3 is 2.42 bits per heavy atom. The fraction of sp³-hybridized carbons (Fsp3) is 0.250. The highest BCUT2D eigenvalue weighted by atomic mass is 35.5. The van der Waals surface area contributed by atoms with E-state index in [-0.39, 0.29) is 23.9 Å². The summed E-state index contributed by atoms with van der Waals surface area (Å²) in [6.45, 7) is 2.76. The summed E-state index contributed by atoms with van der Waals surface area (Å²) in [6, 6.07) is 4.64. The smallest absolute Gasteiger partial charge is 0.159 e. The molecule has 12 heavy (non-hydrogen) atoms. The van der Waals surface area contributed by atoms with Crippen molar-refractivity contribution in [1.82, 2.24) is 0 Å². The van der Waals surface area contributed by atoms with Crippen LogP contribution in [0.2, 0.25) is 0 Å². The van der Waals surface area contributed by atoms with Crippen LogP contribution >= 0.6 is 12.4 Å². The molecule has 0 fully saturated rings. The van der Waals surface area contributed by atoms with Crippen LogP contribution in [0.25, 0.3) is 0 Å². The van der Waals surface area contributed by atoms with Crippen LogP contribution in [0.15, 0.2) is 18.2 Å². The summed E-state index contributed by atoms with van der Waals surface area (Å²) < 4.78 is 0. The molecule has 0 spiro atoms. The lowest BCUT2D eigenvalue weighted by Crippen LogP contribution is -1.95. The van der Waals surface area contributed by atoms with Crippen molar-refractivity contribution < 1.29 is 10.2 Å². The van der Waals surface area contributed by atoms with Gasteiger partial charge in [0.1, 0.15) is 0 Å². The second-order valence-corrected chi connectivity index (χ2v) is 2.23. The molecular formula is C8H12ClNO2. The number of phenolic OH excluding ortho intramolecular Hbond substituents is 2. The van der Waals surface area contributed by atoms with E-state index in [1.165, 1.54) is 12.1 Å². The quantitative estimate of drug-likeness (QED) is 0.493. The summed E-state index contributed by atoms with van der Waals surface area (Å²) >= 11 is 0. The van der Waals surface area contributed by atoms with Crippen molar-refractivity contribution in [3.63, 3.8) is 0 Å². The Bertz CT molecular complexity index is 253. The van der Waals surface area contributed by atoms with Crippen LogP contribution in [0.1, 0.15) is 6.92 Å². The molecule has 3 N–H and O–H groups in total. The van der Waals surface area contributed by atoms with Crippen LogP contribution < -0.4 is 5.32 Å². The first-order valence-corrected chi connectivity index (χ1v) is 3.50. The number of hydrogen-bond acceptors (Lipinski definition) is 3. The Labute approximate surface area is 77.5 Å². The largest absolute Gasteiger partial charge is 0.504 e. The van der Waals surface area contributed by atoms with Gasteiger partial charge in [-0.3, -0.25) is 0 Å². The second kappa shape index (κ2) is 4.72. The van der Waals surface area contributed by atoms with Gasteiger partial charge in [-0.25, -0.2) is 0 Å². The molecule has 4 heteroatoms. The average molecular weight is 190 g/mol. The molecule has 0 saturated heterocycles. The van der Waals surface area contributed by atoms with Crippen LogP contribution in [0.5, 0.6) is 11.5 Å². The van der Waals surface area contributed by atoms with Crippen molar-refractivity contribution in [3.8, 4) is 11.5 Å². The summed E-state index contributed by atoms with van der Waals surface area (Å²) in [6.07, 6.45) is 0. The highest BCUT2D eigenvalue weighted by Gasteiger charge is 1.97. The van der Waals surface area contributed by atoms with E-state index in [0.29, 0.717) is 0 Å². The molecule has 0 aliphatic rings. The molecule has 0 aliphatic heterocycles. The van der Waals surface area contributed by atoms with Crippen molar-refractivity contribution >= 4 is 18.1 Å². The Morgan fingerprint density at radius 1 is 1.25 bits per heavy atom. The zero-order valence-corrected chi connectivity index (χ0v) is 7.56. The number of anilines is 1. The number of hydrogen-bond donors (Lipinski definition) is 3. The monoisotopic (exact) mass is 189 g/mol. The Kier molecular flexibility index (Phi) is 4.29. The van der Waals surface area contributed by atoms with Crippen LogP contribution in [-0.2, 0) is 0 Å². The highest BCUT2D eigenvalue weighted by Crippen LogP contribution is 2.26. The van der Waals surface area contributed by atoms with Gasteiger partial charge in [0.05, 0.1) is 0 Å². The molecule has 0 heterocycles. The van der Waals surface area contributed by atoms with Gasteiger partial charge in [-0.1, -0.05) is 0 Å². The first-order valence-electron chi connectivity index (χ1n) is 3.50. The summed E-state index contributed by atoms with van der Waals surface area (Å²) in [5.41, 5.74) is 0.808. The maximum Gasteiger partial charge on any atom is 0.159 e. The van der Waals surface area contributed by atoms with Crippen molar-refractivity contribution in [2.24, 2.45) is 0 Å². The van der Waals surface area contributed by atoms with Gasteiger partial charge in [0, 0.05) is 18.3 Å². The number of nitrogens with one attached hydrogen (secondary N) is 1. The van der Waals surface area contributed by atoms with Gasteiger partial charge in [0.15, 0.2) is 11.5 Å². The number of aromatic hydroxyl groups is 2. The fourth-order valence-corrected chi connectivity index (χ4v) is 0.838. The molecule has 1 aromatic carbocycles. The Balaban J connectivity index is 0.00000121.